The number of ether oxygens (including phenoxy) is 1. The van der Waals surface area contributed by atoms with Gasteiger partial charge in [-0.15, -0.1) is 0 Å². The van der Waals surface area contributed by atoms with Gasteiger partial charge in [-0.05, 0) is 67.1 Å². The van der Waals surface area contributed by atoms with E-state index >= 15 is 0 Å². The van der Waals surface area contributed by atoms with E-state index in [0.717, 1.165) is 6.07 Å². The SMILES string of the molecule is Cc1cc(S(=O)(=O)Nc2ccc3c(c2)C(=O)Nc2cc(Cl)ccc2O3)ccc1F. The highest BCUT2D eigenvalue weighted by atomic mass is 35.5. The van der Waals surface area contributed by atoms with E-state index in [1.807, 2.05) is 0 Å². The van der Waals surface area contributed by atoms with Crippen molar-refractivity contribution in [2.45, 2.75) is 11.8 Å². The highest BCUT2D eigenvalue weighted by Crippen LogP contribution is 2.38. The number of carbonyl (C=O) groups is 1. The van der Waals surface area contributed by atoms with Crippen LogP contribution in [0.25, 0.3) is 0 Å². The highest BCUT2D eigenvalue weighted by Gasteiger charge is 2.23. The maximum atomic E-state index is 13.4. The first kappa shape index (κ1) is 19.2. The summed E-state index contributed by atoms with van der Waals surface area (Å²) in [6, 6.07) is 12.6. The molecule has 0 saturated heterocycles. The maximum absolute atomic E-state index is 13.4. The molecule has 0 aliphatic carbocycles. The van der Waals surface area contributed by atoms with Crippen molar-refractivity contribution in [1.82, 2.24) is 0 Å². The fourth-order valence-electron chi connectivity index (χ4n) is 2.86. The van der Waals surface area contributed by atoms with Crippen LogP contribution in [0.5, 0.6) is 11.5 Å². The molecule has 3 aromatic carbocycles. The Labute approximate surface area is 171 Å². The summed E-state index contributed by atoms with van der Waals surface area (Å²) in [4.78, 5) is 12.5. The number of nitrogens with one attached hydrogen (secondary N) is 2. The normalized spacial score (nSPS) is 12.9. The number of carbonyl (C=O) groups excluding carboxylic acids is 1. The molecule has 6 nitrogen and oxygen atoms in total. The second-order valence-corrected chi connectivity index (χ2v) is 8.54. The van der Waals surface area contributed by atoms with Gasteiger partial charge in [0, 0.05) is 10.7 Å². The van der Waals surface area contributed by atoms with E-state index in [1.54, 1.807) is 18.2 Å². The Hall–Kier alpha value is -3.10. The summed E-state index contributed by atoms with van der Waals surface area (Å²) < 4.78 is 46.8. The Kier molecular flexibility index (Phi) is 4.68. The van der Waals surface area contributed by atoms with Crippen LogP contribution in [0.1, 0.15) is 15.9 Å². The molecule has 4 rings (SSSR count). The Bertz CT molecular complexity index is 1260. The molecule has 0 bridgehead atoms. The molecule has 1 heterocycles. The number of hydrogen-bond acceptors (Lipinski definition) is 4. The summed E-state index contributed by atoms with van der Waals surface area (Å²) in [6.45, 7) is 1.47. The average molecular weight is 433 g/mol. The van der Waals surface area contributed by atoms with Crippen molar-refractivity contribution in [2.75, 3.05) is 10.0 Å². The van der Waals surface area contributed by atoms with Crippen LogP contribution in [0.2, 0.25) is 5.02 Å². The minimum Gasteiger partial charge on any atom is -0.454 e. The number of hydrogen-bond donors (Lipinski definition) is 2. The zero-order valence-electron chi connectivity index (χ0n) is 15.0. The fourth-order valence-corrected chi connectivity index (χ4v) is 4.16. The van der Waals surface area contributed by atoms with E-state index in [9.17, 15) is 17.6 Å². The second-order valence-electron chi connectivity index (χ2n) is 6.42. The lowest BCUT2D eigenvalue weighted by Gasteiger charge is -2.12. The van der Waals surface area contributed by atoms with Crippen molar-refractivity contribution in [2.24, 2.45) is 0 Å². The monoisotopic (exact) mass is 432 g/mol. The third kappa shape index (κ3) is 3.76. The molecule has 0 spiro atoms. The van der Waals surface area contributed by atoms with Crippen LogP contribution in [0.4, 0.5) is 15.8 Å². The zero-order valence-corrected chi connectivity index (χ0v) is 16.6. The number of rotatable bonds is 3. The quantitative estimate of drug-likeness (QED) is 0.613. The Morgan fingerprint density at radius 2 is 1.79 bits per heavy atom. The van der Waals surface area contributed by atoms with Crippen LogP contribution >= 0.6 is 11.6 Å². The number of benzene rings is 3. The first-order valence-electron chi connectivity index (χ1n) is 8.45. The third-order valence-electron chi connectivity index (χ3n) is 4.33. The van der Waals surface area contributed by atoms with Gasteiger partial charge in [0.2, 0.25) is 0 Å². The van der Waals surface area contributed by atoms with E-state index in [2.05, 4.69) is 10.0 Å². The van der Waals surface area contributed by atoms with E-state index in [-0.39, 0.29) is 27.5 Å². The molecular weight excluding hydrogens is 419 g/mol. The lowest BCUT2D eigenvalue weighted by Crippen LogP contribution is -2.15. The van der Waals surface area contributed by atoms with Gasteiger partial charge < -0.3 is 10.1 Å². The number of sulfonamides is 1. The second kappa shape index (κ2) is 7.06. The molecule has 9 heteroatoms. The van der Waals surface area contributed by atoms with Crippen molar-refractivity contribution in [3.8, 4) is 11.5 Å². The maximum Gasteiger partial charge on any atom is 0.261 e. The standard InChI is InChI=1S/C20H14ClFN2O4S/c1-11-8-14(4-5-16(11)22)29(26,27)24-13-3-7-18-15(10-13)20(25)23-17-9-12(21)2-6-19(17)28-18/h2-10,24H,1H3,(H,23,25). The van der Waals surface area contributed by atoms with E-state index in [0.29, 0.717) is 16.5 Å². The summed E-state index contributed by atoms with van der Waals surface area (Å²) in [6.07, 6.45) is 0. The predicted octanol–water partition coefficient (Wildman–Crippen LogP) is 4.95. The van der Waals surface area contributed by atoms with Crippen molar-refractivity contribution in [3.63, 3.8) is 0 Å². The van der Waals surface area contributed by atoms with E-state index in [4.69, 9.17) is 16.3 Å². The third-order valence-corrected chi connectivity index (χ3v) is 5.94. The van der Waals surface area contributed by atoms with Gasteiger partial charge in [-0.2, -0.15) is 0 Å². The molecule has 0 radical (unpaired) electrons. The average Bonchev–Trinajstić information content (AvgIpc) is 2.79. The minimum absolute atomic E-state index is 0.0888. The largest absolute Gasteiger partial charge is 0.454 e. The van der Waals surface area contributed by atoms with Gasteiger partial charge >= 0.3 is 0 Å². The number of halogens is 2. The van der Waals surface area contributed by atoms with Crippen LogP contribution in [0.3, 0.4) is 0 Å². The molecule has 1 aliphatic rings. The molecule has 29 heavy (non-hydrogen) atoms. The summed E-state index contributed by atoms with van der Waals surface area (Å²) in [5.74, 6) is -0.289. The number of aryl methyl sites for hydroxylation is 1. The van der Waals surface area contributed by atoms with Crippen molar-refractivity contribution < 1.29 is 22.3 Å². The molecule has 3 aromatic rings. The van der Waals surface area contributed by atoms with Gasteiger partial charge in [0.25, 0.3) is 15.9 Å². The molecule has 0 aromatic heterocycles. The lowest BCUT2D eigenvalue weighted by atomic mass is 10.1. The zero-order chi connectivity index (χ0) is 20.8. The Morgan fingerprint density at radius 1 is 1.03 bits per heavy atom. The van der Waals surface area contributed by atoms with Crippen molar-refractivity contribution in [3.05, 3.63) is 76.6 Å². The summed E-state index contributed by atoms with van der Waals surface area (Å²) in [7, 11) is -3.97. The van der Waals surface area contributed by atoms with Gasteiger partial charge in [0.05, 0.1) is 16.1 Å². The number of anilines is 2. The molecule has 0 fully saturated rings. The highest BCUT2D eigenvalue weighted by molar-refractivity contribution is 7.92. The van der Waals surface area contributed by atoms with Crippen molar-refractivity contribution in [1.29, 1.82) is 0 Å². The molecular formula is C20H14ClFN2O4S. The summed E-state index contributed by atoms with van der Waals surface area (Å²) in [5.41, 5.74) is 0.919. The fraction of sp³-hybridized carbons (Fsp3) is 0.0500. The van der Waals surface area contributed by atoms with Crippen LogP contribution in [0, 0.1) is 12.7 Å². The topological polar surface area (TPSA) is 84.5 Å². The molecule has 0 atom stereocenters. The number of amides is 1. The van der Waals surface area contributed by atoms with Gasteiger partial charge in [0.15, 0.2) is 5.75 Å². The van der Waals surface area contributed by atoms with Crippen molar-refractivity contribution >= 4 is 38.9 Å². The Morgan fingerprint density at radius 3 is 2.55 bits per heavy atom. The molecule has 148 valence electrons. The summed E-state index contributed by atoms with van der Waals surface area (Å²) in [5, 5.41) is 3.12. The predicted molar refractivity (Wildman–Crippen MR) is 108 cm³/mol. The number of fused-ring (bicyclic) bond motifs is 2. The van der Waals surface area contributed by atoms with Crippen LogP contribution in [-0.2, 0) is 10.0 Å². The van der Waals surface area contributed by atoms with Gasteiger partial charge in [0.1, 0.15) is 11.6 Å². The first-order valence-corrected chi connectivity index (χ1v) is 10.3. The molecule has 2 N–H and O–H groups in total. The van der Waals surface area contributed by atoms with Crippen LogP contribution < -0.4 is 14.8 Å². The smallest absolute Gasteiger partial charge is 0.261 e. The molecule has 0 unspecified atom stereocenters. The van der Waals surface area contributed by atoms with Gasteiger partial charge in [-0.3, -0.25) is 9.52 Å². The van der Waals surface area contributed by atoms with E-state index < -0.39 is 21.7 Å². The summed E-state index contributed by atoms with van der Waals surface area (Å²) >= 11 is 5.96. The Balaban J connectivity index is 1.67. The van der Waals surface area contributed by atoms with Gasteiger partial charge in [-0.25, -0.2) is 12.8 Å². The molecule has 1 amide bonds. The molecule has 0 saturated carbocycles. The first-order chi connectivity index (χ1) is 13.7. The lowest BCUT2D eigenvalue weighted by molar-refractivity contribution is 0.102. The van der Waals surface area contributed by atoms with Crippen LogP contribution in [0.15, 0.2) is 59.5 Å². The van der Waals surface area contributed by atoms with Crippen LogP contribution in [-0.4, -0.2) is 14.3 Å². The van der Waals surface area contributed by atoms with Gasteiger partial charge in [-0.1, -0.05) is 11.6 Å². The minimum atomic E-state index is -3.97. The molecule has 1 aliphatic heterocycles. The van der Waals surface area contributed by atoms with E-state index in [1.165, 1.54) is 37.3 Å².